The van der Waals surface area contributed by atoms with Crippen LogP contribution in [0.2, 0.25) is 0 Å². The average molecular weight is 343 g/mol. The van der Waals surface area contributed by atoms with Gasteiger partial charge in [0.05, 0.1) is 18.8 Å². The lowest BCUT2D eigenvalue weighted by molar-refractivity contribution is 0.116. The molecule has 0 aliphatic carbocycles. The van der Waals surface area contributed by atoms with E-state index in [1.165, 1.54) is 0 Å². The van der Waals surface area contributed by atoms with E-state index in [9.17, 15) is 15.0 Å². The Morgan fingerprint density at radius 1 is 1.35 bits per heavy atom. The number of thiophene rings is 1. The Morgan fingerprint density at radius 2 is 2.00 bits per heavy atom. The van der Waals surface area contributed by atoms with E-state index in [-0.39, 0.29) is 24.1 Å². The molecule has 1 heterocycles. The molecule has 2 amide bonds. The standard InChI is InChI=1S/C17H30N2O3S/c1-12(21)9-16(2,3)10-18-15(22)19-14(17(4,5)11-20)13-7-6-8-23-13/h6-8,12,14,20-21H,9-11H2,1-5H3,(H2,18,19,22)/t12-,14+/m0/s1. The molecule has 0 spiro atoms. The van der Waals surface area contributed by atoms with Crippen molar-refractivity contribution in [3.63, 3.8) is 0 Å². The summed E-state index contributed by atoms with van der Waals surface area (Å²) in [7, 11) is 0. The Bertz CT molecular complexity index is 484. The van der Waals surface area contributed by atoms with Crippen LogP contribution in [-0.2, 0) is 0 Å². The summed E-state index contributed by atoms with van der Waals surface area (Å²) in [6.07, 6.45) is 0.214. The molecule has 0 saturated carbocycles. The molecule has 1 aromatic rings. The number of rotatable bonds is 8. The molecule has 132 valence electrons. The fraction of sp³-hybridized carbons (Fsp3) is 0.706. The van der Waals surface area contributed by atoms with Gasteiger partial charge in [0, 0.05) is 16.8 Å². The Hall–Kier alpha value is -1.11. The fourth-order valence-electron chi connectivity index (χ4n) is 2.57. The zero-order chi connectivity index (χ0) is 17.7. The number of hydrogen-bond donors (Lipinski definition) is 4. The Balaban J connectivity index is 2.68. The molecule has 1 rings (SSSR count). The molecule has 0 fully saturated rings. The highest BCUT2D eigenvalue weighted by Gasteiger charge is 2.32. The van der Waals surface area contributed by atoms with Crippen molar-refractivity contribution in [2.75, 3.05) is 13.2 Å². The van der Waals surface area contributed by atoms with Gasteiger partial charge in [0.2, 0.25) is 0 Å². The van der Waals surface area contributed by atoms with Crippen LogP contribution in [0.3, 0.4) is 0 Å². The Labute approximate surface area is 143 Å². The minimum atomic E-state index is -0.461. The quantitative estimate of drug-likeness (QED) is 0.586. The number of hydrogen-bond acceptors (Lipinski definition) is 4. The first kappa shape index (κ1) is 19.9. The molecular formula is C17H30N2O3S. The van der Waals surface area contributed by atoms with Gasteiger partial charge in [0.1, 0.15) is 0 Å². The molecule has 4 N–H and O–H groups in total. The summed E-state index contributed by atoms with van der Waals surface area (Å²) < 4.78 is 0. The van der Waals surface area contributed by atoms with E-state index in [0.717, 1.165) is 4.88 Å². The number of urea groups is 1. The van der Waals surface area contributed by atoms with Crippen molar-refractivity contribution in [2.24, 2.45) is 10.8 Å². The molecular weight excluding hydrogens is 312 g/mol. The van der Waals surface area contributed by atoms with Gasteiger partial charge in [-0.2, -0.15) is 0 Å². The van der Waals surface area contributed by atoms with Gasteiger partial charge >= 0.3 is 6.03 Å². The molecule has 0 aromatic carbocycles. The monoisotopic (exact) mass is 342 g/mol. The summed E-state index contributed by atoms with van der Waals surface area (Å²) in [5.74, 6) is 0. The van der Waals surface area contributed by atoms with E-state index in [1.54, 1.807) is 18.3 Å². The topological polar surface area (TPSA) is 81.6 Å². The van der Waals surface area contributed by atoms with Crippen LogP contribution >= 0.6 is 11.3 Å². The maximum absolute atomic E-state index is 12.3. The summed E-state index contributed by atoms with van der Waals surface area (Å²) in [5, 5.41) is 27.0. The molecule has 0 aliphatic rings. The first-order valence-electron chi connectivity index (χ1n) is 7.94. The lowest BCUT2D eigenvalue weighted by Gasteiger charge is -2.33. The highest BCUT2D eigenvalue weighted by Crippen LogP contribution is 2.35. The van der Waals surface area contributed by atoms with Crippen LogP contribution < -0.4 is 10.6 Å². The average Bonchev–Trinajstić information content (AvgIpc) is 2.94. The summed E-state index contributed by atoms with van der Waals surface area (Å²) in [6.45, 7) is 10.1. The van der Waals surface area contributed by atoms with Gasteiger partial charge in [0.15, 0.2) is 0 Å². The molecule has 23 heavy (non-hydrogen) atoms. The molecule has 0 bridgehead atoms. The van der Waals surface area contributed by atoms with Crippen molar-refractivity contribution in [2.45, 2.75) is 53.2 Å². The second-order valence-corrected chi connectivity index (χ2v) is 8.62. The van der Waals surface area contributed by atoms with E-state index in [1.807, 2.05) is 45.2 Å². The predicted octanol–water partition coefficient (Wildman–Crippen LogP) is 2.90. The largest absolute Gasteiger partial charge is 0.396 e. The summed E-state index contributed by atoms with van der Waals surface area (Å²) in [6, 6.07) is 3.38. The predicted molar refractivity (Wildman–Crippen MR) is 94.5 cm³/mol. The van der Waals surface area contributed by atoms with Crippen LogP contribution in [0.1, 0.15) is 52.0 Å². The van der Waals surface area contributed by atoms with Crippen LogP contribution in [0.25, 0.3) is 0 Å². The summed E-state index contributed by atoms with van der Waals surface area (Å²) in [4.78, 5) is 13.3. The van der Waals surface area contributed by atoms with Gasteiger partial charge in [0.25, 0.3) is 0 Å². The normalized spacial score (nSPS) is 15.1. The van der Waals surface area contributed by atoms with Gasteiger partial charge < -0.3 is 20.8 Å². The zero-order valence-corrected chi connectivity index (χ0v) is 15.5. The van der Waals surface area contributed by atoms with Gasteiger partial charge in [-0.15, -0.1) is 11.3 Å². The maximum Gasteiger partial charge on any atom is 0.315 e. The van der Waals surface area contributed by atoms with Crippen LogP contribution in [0.15, 0.2) is 17.5 Å². The number of carbonyl (C=O) groups excluding carboxylic acids is 1. The minimum absolute atomic E-state index is 0.0244. The first-order chi connectivity index (χ1) is 10.6. The van der Waals surface area contributed by atoms with Crippen LogP contribution in [0.4, 0.5) is 4.79 Å². The number of nitrogens with one attached hydrogen (secondary N) is 2. The lowest BCUT2D eigenvalue weighted by atomic mass is 9.84. The number of aliphatic hydroxyl groups is 2. The van der Waals surface area contributed by atoms with Crippen molar-refractivity contribution in [1.82, 2.24) is 10.6 Å². The van der Waals surface area contributed by atoms with Gasteiger partial charge in [-0.1, -0.05) is 33.8 Å². The second-order valence-electron chi connectivity index (χ2n) is 7.64. The Morgan fingerprint density at radius 3 is 2.48 bits per heavy atom. The number of amides is 2. The lowest BCUT2D eigenvalue weighted by Crippen LogP contribution is -2.46. The third-order valence-corrected chi connectivity index (χ3v) is 4.80. The number of aliphatic hydroxyl groups excluding tert-OH is 2. The molecule has 0 radical (unpaired) electrons. The molecule has 2 atom stereocenters. The van der Waals surface area contributed by atoms with E-state index in [0.29, 0.717) is 13.0 Å². The molecule has 0 unspecified atom stereocenters. The molecule has 6 heteroatoms. The molecule has 5 nitrogen and oxygen atoms in total. The van der Waals surface area contributed by atoms with Crippen molar-refractivity contribution in [3.8, 4) is 0 Å². The van der Waals surface area contributed by atoms with E-state index in [2.05, 4.69) is 10.6 Å². The third-order valence-electron chi connectivity index (χ3n) is 3.87. The van der Waals surface area contributed by atoms with Crippen LogP contribution in [0, 0.1) is 10.8 Å². The van der Waals surface area contributed by atoms with Crippen molar-refractivity contribution in [1.29, 1.82) is 0 Å². The summed E-state index contributed by atoms with van der Waals surface area (Å²) >= 11 is 1.56. The fourth-order valence-corrected chi connectivity index (χ4v) is 3.56. The van der Waals surface area contributed by atoms with E-state index < -0.39 is 11.5 Å². The summed E-state index contributed by atoms with van der Waals surface area (Å²) in [5.41, 5.74) is -0.645. The van der Waals surface area contributed by atoms with Gasteiger partial charge in [-0.3, -0.25) is 0 Å². The third kappa shape index (κ3) is 6.49. The van der Waals surface area contributed by atoms with E-state index in [4.69, 9.17) is 0 Å². The van der Waals surface area contributed by atoms with Crippen molar-refractivity contribution >= 4 is 17.4 Å². The second kappa shape index (κ2) is 8.13. The van der Waals surface area contributed by atoms with Gasteiger partial charge in [-0.05, 0) is 30.2 Å². The highest BCUT2D eigenvalue weighted by molar-refractivity contribution is 7.10. The molecule has 0 aliphatic heterocycles. The van der Waals surface area contributed by atoms with Crippen molar-refractivity contribution < 1.29 is 15.0 Å². The maximum atomic E-state index is 12.3. The van der Waals surface area contributed by atoms with E-state index >= 15 is 0 Å². The first-order valence-corrected chi connectivity index (χ1v) is 8.82. The zero-order valence-electron chi connectivity index (χ0n) is 14.7. The molecule has 0 saturated heterocycles. The SMILES string of the molecule is C[C@H](O)CC(C)(C)CNC(=O)N[C@H](c1cccs1)C(C)(C)CO. The molecule has 1 aromatic heterocycles. The van der Waals surface area contributed by atoms with Crippen LogP contribution in [0.5, 0.6) is 0 Å². The van der Waals surface area contributed by atoms with Crippen LogP contribution in [-0.4, -0.2) is 35.5 Å². The van der Waals surface area contributed by atoms with Gasteiger partial charge in [-0.25, -0.2) is 4.79 Å². The number of carbonyl (C=O) groups is 1. The van der Waals surface area contributed by atoms with Crippen molar-refractivity contribution in [3.05, 3.63) is 22.4 Å². The highest BCUT2D eigenvalue weighted by atomic mass is 32.1. The minimum Gasteiger partial charge on any atom is -0.396 e. The smallest absolute Gasteiger partial charge is 0.315 e. The Kier molecular flexibility index (Phi) is 7.04.